The fourth-order valence-electron chi connectivity index (χ4n) is 3.80. The Bertz CT molecular complexity index is 381. The zero-order valence-corrected chi connectivity index (χ0v) is 12.8. The second-order valence-electron chi connectivity index (χ2n) is 6.51. The first kappa shape index (κ1) is 15.3. The Balaban J connectivity index is 1.97. The summed E-state index contributed by atoms with van der Waals surface area (Å²) in [5, 5.41) is 2.83. The molecule has 0 aliphatic heterocycles. The minimum atomic E-state index is -0.0908. The Morgan fingerprint density at radius 2 is 1.95 bits per heavy atom. The van der Waals surface area contributed by atoms with E-state index in [1.165, 1.54) is 0 Å². The number of nitrogens with one attached hydrogen (secondary N) is 1. The monoisotopic (exact) mass is 281 g/mol. The number of rotatable bonds is 5. The van der Waals surface area contributed by atoms with Crippen LogP contribution < -0.4 is 11.1 Å². The van der Waals surface area contributed by atoms with E-state index in [0.717, 1.165) is 19.3 Å². The molecule has 4 unspecified atom stereocenters. The summed E-state index contributed by atoms with van der Waals surface area (Å²) in [5.41, 5.74) is 6.22. The molecule has 20 heavy (non-hydrogen) atoms. The van der Waals surface area contributed by atoms with E-state index in [2.05, 4.69) is 5.32 Å². The van der Waals surface area contributed by atoms with Crippen molar-refractivity contribution in [3.63, 3.8) is 0 Å². The van der Waals surface area contributed by atoms with Crippen LogP contribution in [0.1, 0.15) is 40.0 Å². The van der Waals surface area contributed by atoms with Crippen molar-refractivity contribution >= 4 is 11.8 Å². The zero-order valence-electron chi connectivity index (χ0n) is 12.8. The van der Waals surface area contributed by atoms with Crippen LogP contribution in [0.3, 0.4) is 0 Å². The molecule has 0 saturated heterocycles. The SMILES string of the molecule is CCN(CC(=O)NC(C)C)C(=O)C1C2CCC(C2)C1N. The first-order chi connectivity index (χ1) is 9.43. The summed E-state index contributed by atoms with van der Waals surface area (Å²) in [7, 11) is 0. The highest BCUT2D eigenvalue weighted by Crippen LogP contribution is 2.48. The highest BCUT2D eigenvalue weighted by Gasteiger charge is 2.50. The van der Waals surface area contributed by atoms with Crippen LogP contribution in [0.25, 0.3) is 0 Å². The van der Waals surface area contributed by atoms with Crippen LogP contribution in [0, 0.1) is 17.8 Å². The Kier molecular flexibility index (Phi) is 4.68. The summed E-state index contributed by atoms with van der Waals surface area (Å²) in [5.74, 6) is 0.862. The average molecular weight is 281 g/mol. The molecule has 114 valence electrons. The van der Waals surface area contributed by atoms with Crippen LogP contribution in [0.4, 0.5) is 0 Å². The summed E-state index contributed by atoms with van der Waals surface area (Å²) in [6.07, 6.45) is 3.37. The van der Waals surface area contributed by atoms with E-state index in [0.29, 0.717) is 18.4 Å². The van der Waals surface area contributed by atoms with Crippen molar-refractivity contribution in [1.82, 2.24) is 10.2 Å². The Morgan fingerprint density at radius 1 is 1.30 bits per heavy atom. The Morgan fingerprint density at radius 3 is 2.45 bits per heavy atom. The number of nitrogens with zero attached hydrogens (tertiary/aromatic N) is 1. The quantitative estimate of drug-likeness (QED) is 0.780. The number of amides is 2. The van der Waals surface area contributed by atoms with Gasteiger partial charge in [-0.1, -0.05) is 0 Å². The fraction of sp³-hybridized carbons (Fsp3) is 0.867. The molecule has 2 rings (SSSR count). The summed E-state index contributed by atoms with van der Waals surface area (Å²) >= 11 is 0. The molecule has 2 aliphatic rings. The van der Waals surface area contributed by atoms with Gasteiger partial charge in [-0.3, -0.25) is 9.59 Å². The predicted octanol–water partition coefficient (Wildman–Crippen LogP) is 0.733. The molecule has 0 aromatic carbocycles. The second kappa shape index (κ2) is 6.12. The summed E-state index contributed by atoms with van der Waals surface area (Å²) in [4.78, 5) is 26.2. The molecular formula is C15H27N3O2. The van der Waals surface area contributed by atoms with Gasteiger partial charge in [0.05, 0.1) is 12.5 Å². The van der Waals surface area contributed by atoms with Crippen molar-refractivity contribution in [2.24, 2.45) is 23.5 Å². The Hall–Kier alpha value is -1.10. The van der Waals surface area contributed by atoms with Gasteiger partial charge in [-0.25, -0.2) is 0 Å². The minimum Gasteiger partial charge on any atom is -0.352 e. The average Bonchev–Trinajstić information content (AvgIpc) is 2.94. The first-order valence-electron chi connectivity index (χ1n) is 7.77. The van der Waals surface area contributed by atoms with Crippen LogP contribution in [0.15, 0.2) is 0 Å². The van der Waals surface area contributed by atoms with E-state index in [4.69, 9.17) is 5.73 Å². The van der Waals surface area contributed by atoms with E-state index in [1.807, 2.05) is 20.8 Å². The van der Waals surface area contributed by atoms with Crippen LogP contribution in [0.2, 0.25) is 0 Å². The van der Waals surface area contributed by atoms with E-state index < -0.39 is 0 Å². The lowest BCUT2D eigenvalue weighted by Crippen LogP contribution is -2.50. The highest BCUT2D eigenvalue weighted by atomic mass is 16.2. The van der Waals surface area contributed by atoms with Crippen LogP contribution in [0.5, 0.6) is 0 Å². The third kappa shape index (κ3) is 2.97. The van der Waals surface area contributed by atoms with Crippen molar-refractivity contribution in [3.8, 4) is 0 Å². The molecule has 3 N–H and O–H groups in total. The van der Waals surface area contributed by atoms with Gasteiger partial charge < -0.3 is 16.0 Å². The van der Waals surface area contributed by atoms with Crippen molar-refractivity contribution in [3.05, 3.63) is 0 Å². The van der Waals surface area contributed by atoms with E-state index >= 15 is 0 Å². The molecule has 2 aliphatic carbocycles. The lowest BCUT2D eigenvalue weighted by Gasteiger charge is -2.32. The zero-order chi connectivity index (χ0) is 14.9. The standard InChI is InChI=1S/C15H27N3O2/c1-4-18(8-12(19)17-9(2)3)15(20)13-10-5-6-11(7-10)14(13)16/h9-11,13-14H,4-8,16H2,1-3H3,(H,17,19). The molecule has 2 amide bonds. The maximum atomic E-state index is 12.7. The van der Waals surface area contributed by atoms with Crippen LogP contribution in [-0.4, -0.2) is 41.9 Å². The molecule has 0 heterocycles. The van der Waals surface area contributed by atoms with E-state index in [-0.39, 0.29) is 36.4 Å². The Labute approximate surface area is 121 Å². The molecule has 0 aromatic heterocycles. The van der Waals surface area contributed by atoms with Crippen molar-refractivity contribution in [1.29, 1.82) is 0 Å². The minimum absolute atomic E-state index is 0.0107. The first-order valence-corrected chi connectivity index (χ1v) is 7.77. The largest absolute Gasteiger partial charge is 0.352 e. The van der Waals surface area contributed by atoms with Gasteiger partial charge in [-0.05, 0) is 51.9 Å². The third-order valence-electron chi connectivity index (χ3n) is 4.74. The van der Waals surface area contributed by atoms with Gasteiger partial charge in [-0.2, -0.15) is 0 Å². The van der Waals surface area contributed by atoms with Gasteiger partial charge in [-0.15, -0.1) is 0 Å². The summed E-state index contributed by atoms with van der Waals surface area (Å²) in [6, 6.07) is 0.0875. The van der Waals surface area contributed by atoms with Crippen molar-refractivity contribution < 1.29 is 9.59 Å². The summed E-state index contributed by atoms with van der Waals surface area (Å²) < 4.78 is 0. The summed E-state index contributed by atoms with van der Waals surface area (Å²) in [6.45, 7) is 6.46. The van der Waals surface area contributed by atoms with Gasteiger partial charge in [0.2, 0.25) is 11.8 Å². The second-order valence-corrected chi connectivity index (χ2v) is 6.51. The van der Waals surface area contributed by atoms with Crippen molar-refractivity contribution in [2.45, 2.75) is 52.1 Å². The molecule has 0 radical (unpaired) electrons. The number of likely N-dealkylation sites (N-methyl/N-ethyl adjacent to an activating group) is 1. The number of nitrogens with two attached hydrogens (primary N) is 1. The number of carbonyl (C=O) groups is 2. The number of fused-ring (bicyclic) bond motifs is 2. The van der Waals surface area contributed by atoms with E-state index in [9.17, 15) is 9.59 Å². The van der Waals surface area contributed by atoms with Gasteiger partial charge >= 0.3 is 0 Å². The van der Waals surface area contributed by atoms with Crippen LogP contribution >= 0.6 is 0 Å². The molecule has 4 atom stereocenters. The maximum Gasteiger partial charge on any atom is 0.239 e. The molecular weight excluding hydrogens is 254 g/mol. The fourth-order valence-corrected chi connectivity index (χ4v) is 3.80. The lowest BCUT2D eigenvalue weighted by atomic mass is 9.84. The molecule has 2 bridgehead atoms. The smallest absolute Gasteiger partial charge is 0.239 e. The molecule has 2 fully saturated rings. The van der Waals surface area contributed by atoms with E-state index in [1.54, 1.807) is 4.90 Å². The molecule has 2 saturated carbocycles. The third-order valence-corrected chi connectivity index (χ3v) is 4.74. The van der Waals surface area contributed by atoms with Crippen molar-refractivity contribution in [2.75, 3.05) is 13.1 Å². The number of hydrogen-bond donors (Lipinski definition) is 2. The highest BCUT2D eigenvalue weighted by molar-refractivity contribution is 5.86. The van der Waals surface area contributed by atoms with Gasteiger partial charge in [0, 0.05) is 18.6 Å². The molecule has 5 heteroatoms. The number of carbonyl (C=O) groups excluding carboxylic acids is 2. The topological polar surface area (TPSA) is 75.4 Å². The number of hydrogen-bond acceptors (Lipinski definition) is 3. The lowest BCUT2D eigenvalue weighted by molar-refractivity contribution is -0.141. The van der Waals surface area contributed by atoms with Crippen LogP contribution in [-0.2, 0) is 9.59 Å². The van der Waals surface area contributed by atoms with Gasteiger partial charge in [0.1, 0.15) is 0 Å². The van der Waals surface area contributed by atoms with Gasteiger partial charge in [0.25, 0.3) is 0 Å². The molecule has 0 spiro atoms. The normalized spacial score (nSPS) is 31.6. The maximum absolute atomic E-state index is 12.7. The molecule has 0 aromatic rings. The van der Waals surface area contributed by atoms with Gasteiger partial charge in [0.15, 0.2) is 0 Å². The molecule has 5 nitrogen and oxygen atoms in total. The predicted molar refractivity (Wildman–Crippen MR) is 77.8 cm³/mol.